The van der Waals surface area contributed by atoms with Gasteiger partial charge in [-0.05, 0) is 107 Å². The highest BCUT2D eigenvalue weighted by molar-refractivity contribution is 6.08. The quantitative estimate of drug-likeness (QED) is 0.0903. The molecular formula is C57H56N3O4+. The van der Waals surface area contributed by atoms with Crippen molar-refractivity contribution in [2.75, 3.05) is 36.1 Å². The molecule has 0 saturated carbocycles. The lowest BCUT2D eigenvalue weighted by molar-refractivity contribution is -0.440. The maximum Gasteiger partial charge on any atom is 0.302 e. The smallest absolute Gasteiger partial charge is 0.302 e. The van der Waals surface area contributed by atoms with Crippen LogP contribution in [-0.2, 0) is 29.9 Å². The molecule has 0 saturated heterocycles. The van der Waals surface area contributed by atoms with Gasteiger partial charge in [-0.25, -0.2) is 0 Å². The maximum atomic E-state index is 12.0. The van der Waals surface area contributed by atoms with Crippen molar-refractivity contribution in [1.82, 2.24) is 0 Å². The summed E-state index contributed by atoms with van der Waals surface area (Å²) in [6, 6.07) is 47.3. The van der Waals surface area contributed by atoms with Gasteiger partial charge in [-0.3, -0.25) is 9.59 Å². The van der Waals surface area contributed by atoms with E-state index in [1.807, 2.05) is 0 Å². The molecule has 0 radical (unpaired) electrons. The second-order valence-corrected chi connectivity index (χ2v) is 17.9. The molecule has 2 heterocycles. The number of rotatable bonds is 12. The number of fused-ring (bicyclic) bond motifs is 6. The normalized spacial score (nSPS) is 17.6. The monoisotopic (exact) mass is 846 g/mol. The Labute approximate surface area is 376 Å². The number of esters is 2. The maximum absolute atomic E-state index is 12.0. The summed E-state index contributed by atoms with van der Waals surface area (Å²) in [6.07, 6.45) is 11.0. The van der Waals surface area contributed by atoms with Crippen LogP contribution in [0, 0.1) is 0 Å². The second kappa shape index (κ2) is 17.3. The minimum atomic E-state index is -0.341. The molecule has 9 rings (SSSR count). The molecule has 7 heteroatoms. The van der Waals surface area contributed by atoms with E-state index in [4.69, 9.17) is 9.47 Å². The Bertz CT molecular complexity index is 2910. The number of ether oxygens (including phenoxy) is 2. The van der Waals surface area contributed by atoms with E-state index < -0.39 is 0 Å². The third-order valence-electron chi connectivity index (χ3n) is 13.2. The Morgan fingerprint density at radius 3 is 1.86 bits per heavy atom. The van der Waals surface area contributed by atoms with Crippen LogP contribution >= 0.6 is 0 Å². The lowest BCUT2D eigenvalue weighted by Gasteiger charge is -2.29. The van der Waals surface area contributed by atoms with E-state index in [0.717, 1.165) is 52.7 Å². The van der Waals surface area contributed by atoms with Crippen LogP contribution in [0.3, 0.4) is 0 Å². The zero-order valence-corrected chi connectivity index (χ0v) is 37.7. The third kappa shape index (κ3) is 7.74. The van der Waals surface area contributed by atoms with Crippen LogP contribution in [0.25, 0.3) is 21.5 Å². The Morgan fingerprint density at radius 2 is 1.22 bits per heavy atom. The molecule has 0 spiro atoms. The first-order valence-electron chi connectivity index (χ1n) is 22.4. The molecule has 7 nitrogen and oxygen atoms in total. The van der Waals surface area contributed by atoms with Crippen LogP contribution in [-0.4, -0.2) is 48.5 Å². The van der Waals surface area contributed by atoms with E-state index >= 15 is 0 Å². The van der Waals surface area contributed by atoms with Crippen molar-refractivity contribution in [2.45, 2.75) is 65.2 Å². The van der Waals surface area contributed by atoms with E-state index in [0.29, 0.717) is 13.1 Å². The molecular weight excluding hydrogens is 791 g/mol. The van der Waals surface area contributed by atoms with E-state index in [2.05, 4.69) is 200 Å². The second-order valence-electron chi connectivity index (χ2n) is 17.9. The zero-order valence-electron chi connectivity index (χ0n) is 37.7. The molecule has 322 valence electrons. The van der Waals surface area contributed by atoms with Crippen molar-refractivity contribution in [3.8, 4) is 0 Å². The molecule has 1 aliphatic carbocycles. The van der Waals surface area contributed by atoms with Crippen molar-refractivity contribution in [3.63, 3.8) is 0 Å². The molecule has 0 fully saturated rings. The fourth-order valence-electron chi connectivity index (χ4n) is 10.4. The Hall–Kier alpha value is -6.99. The molecule has 0 unspecified atom stereocenters. The fraction of sp³-hybridized carbons (Fsp3) is 0.246. The van der Waals surface area contributed by atoms with Crippen LogP contribution in [0.4, 0.5) is 22.7 Å². The molecule has 64 heavy (non-hydrogen) atoms. The Balaban J connectivity index is 1.21. The van der Waals surface area contributed by atoms with Crippen molar-refractivity contribution in [2.24, 2.45) is 0 Å². The van der Waals surface area contributed by atoms with Gasteiger partial charge in [0.15, 0.2) is 18.9 Å². The number of anilines is 3. The highest BCUT2D eigenvalue weighted by atomic mass is 16.5. The van der Waals surface area contributed by atoms with Crippen LogP contribution in [0.5, 0.6) is 0 Å². The predicted octanol–water partition coefficient (Wildman–Crippen LogP) is 12.5. The predicted molar refractivity (Wildman–Crippen MR) is 261 cm³/mol. The number of para-hydroxylation sites is 2. The summed E-state index contributed by atoms with van der Waals surface area (Å²) in [5.41, 5.74) is 12.2. The van der Waals surface area contributed by atoms with Crippen LogP contribution < -0.4 is 9.80 Å². The molecule has 6 aromatic rings. The number of carbonyl (C=O) groups is 2. The molecule has 0 amide bonds. The summed E-state index contributed by atoms with van der Waals surface area (Å²) in [6.45, 7) is 13.8. The molecule has 2 aliphatic heterocycles. The number of allylic oxidation sites excluding steroid dienone is 7. The summed E-state index contributed by atoms with van der Waals surface area (Å²) < 4.78 is 13.5. The van der Waals surface area contributed by atoms with Crippen LogP contribution in [0.2, 0.25) is 0 Å². The van der Waals surface area contributed by atoms with Gasteiger partial charge in [-0.1, -0.05) is 117 Å². The van der Waals surface area contributed by atoms with Crippen LogP contribution in [0.15, 0.2) is 180 Å². The standard InChI is InChI=1S/C57H56N3O4/c1-39(61)63-37-35-58-49-31-27-41-17-13-15-23-47(41)53(49)56(3,4)51(58)33-29-43-25-26-44(55(43)60(45-19-9-7-10-20-45)46-21-11-8-12-22-46)30-34-52-57(5,6)54-48-24-16-14-18-42(48)28-32-50(54)59(52)36-38-64-40(2)62/h7-24,27-34H,25-26,35-38H2,1-6H3/q+1. The Kier molecular flexibility index (Phi) is 11.4. The van der Waals surface area contributed by atoms with Gasteiger partial charge in [-0.2, -0.15) is 4.58 Å². The van der Waals surface area contributed by atoms with E-state index in [1.54, 1.807) is 0 Å². The highest BCUT2D eigenvalue weighted by Gasteiger charge is 2.46. The first-order chi connectivity index (χ1) is 30.9. The van der Waals surface area contributed by atoms with E-state index in [1.165, 1.54) is 57.7 Å². The summed E-state index contributed by atoms with van der Waals surface area (Å²) in [7, 11) is 0. The molecule has 3 aliphatic rings. The third-order valence-corrected chi connectivity index (χ3v) is 13.2. The van der Waals surface area contributed by atoms with Gasteiger partial charge >= 0.3 is 11.9 Å². The molecule has 6 aromatic carbocycles. The topological polar surface area (TPSA) is 62.1 Å². The molecule has 0 bridgehead atoms. The average molecular weight is 847 g/mol. The van der Waals surface area contributed by atoms with Crippen molar-refractivity contribution in [1.29, 1.82) is 0 Å². The first kappa shape index (κ1) is 42.3. The highest BCUT2D eigenvalue weighted by Crippen LogP contribution is 2.51. The molecule has 0 N–H and O–H groups in total. The molecule has 0 atom stereocenters. The summed E-state index contributed by atoms with van der Waals surface area (Å²) >= 11 is 0. The minimum Gasteiger partial charge on any atom is -0.464 e. The van der Waals surface area contributed by atoms with Gasteiger partial charge in [-0.15, -0.1) is 0 Å². The number of hydrogen-bond acceptors (Lipinski definition) is 6. The van der Waals surface area contributed by atoms with Gasteiger partial charge in [0.05, 0.1) is 17.7 Å². The number of hydrogen-bond donors (Lipinski definition) is 0. The van der Waals surface area contributed by atoms with Crippen LogP contribution in [0.1, 0.15) is 65.5 Å². The fourth-order valence-corrected chi connectivity index (χ4v) is 10.4. The largest absolute Gasteiger partial charge is 0.464 e. The van der Waals surface area contributed by atoms with Crippen molar-refractivity contribution < 1.29 is 23.6 Å². The number of benzene rings is 6. The zero-order chi connectivity index (χ0) is 44.6. The lowest BCUT2D eigenvalue weighted by atomic mass is 9.79. The number of nitrogens with zero attached hydrogens (tertiary/aromatic N) is 3. The summed E-state index contributed by atoms with van der Waals surface area (Å²) in [5, 5.41) is 4.88. The minimum absolute atomic E-state index is 0.281. The summed E-state index contributed by atoms with van der Waals surface area (Å²) in [4.78, 5) is 28.7. The lowest BCUT2D eigenvalue weighted by Crippen LogP contribution is -2.29. The first-order valence-corrected chi connectivity index (χ1v) is 22.4. The van der Waals surface area contributed by atoms with Gasteiger partial charge in [0, 0.05) is 59.7 Å². The van der Waals surface area contributed by atoms with Crippen molar-refractivity contribution in [3.05, 3.63) is 191 Å². The molecule has 0 aromatic heterocycles. The van der Waals surface area contributed by atoms with Gasteiger partial charge in [0.25, 0.3) is 0 Å². The van der Waals surface area contributed by atoms with Gasteiger partial charge in [0.1, 0.15) is 6.61 Å². The Morgan fingerprint density at radius 1 is 0.641 bits per heavy atom. The van der Waals surface area contributed by atoms with E-state index in [-0.39, 0.29) is 36.0 Å². The SMILES string of the molecule is CC(=O)OCCN1C(=CC=C2CCC(C=CC3=[N+](CCOC(C)=O)c4ccc5ccccc5c4C3(C)C)=C2N(c2ccccc2)c2ccccc2)C(C)(C)c2c1ccc1ccccc21. The van der Waals surface area contributed by atoms with Gasteiger partial charge < -0.3 is 19.3 Å². The summed E-state index contributed by atoms with van der Waals surface area (Å²) in [5.74, 6) is -0.561. The number of carbonyl (C=O) groups excluding carboxylic acids is 2. The van der Waals surface area contributed by atoms with Crippen molar-refractivity contribution >= 4 is 61.9 Å². The average Bonchev–Trinajstić information content (AvgIpc) is 3.86. The van der Waals surface area contributed by atoms with Gasteiger partial charge in [0.2, 0.25) is 5.69 Å². The van der Waals surface area contributed by atoms with E-state index in [9.17, 15) is 9.59 Å².